The first-order chi connectivity index (χ1) is 5.21. The second kappa shape index (κ2) is 2.68. The van der Waals surface area contributed by atoms with Crippen LogP contribution in [0, 0.1) is 0 Å². The first-order valence-electron chi connectivity index (χ1n) is 4.13. The molecule has 1 aliphatic heterocycles. The minimum Gasteiger partial charge on any atom is -0.451 e. The van der Waals surface area contributed by atoms with Gasteiger partial charge in [0.15, 0.2) is 5.90 Å². The van der Waals surface area contributed by atoms with Crippen molar-refractivity contribution in [1.82, 2.24) is 0 Å². The van der Waals surface area contributed by atoms with Gasteiger partial charge < -0.3 is 4.74 Å². The van der Waals surface area contributed by atoms with E-state index in [0.717, 1.165) is 12.3 Å². The molecule has 0 aromatic rings. The summed E-state index contributed by atoms with van der Waals surface area (Å²) in [6.45, 7) is 8.02. The highest BCUT2D eigenvalue weighted by atomic mass is 16.5. The Balaban J connectivity index is 0.000000281. The van der Waals surface area contributed by atoms with E-state index in [2.05, 4.69) is 11.9 Å². The molecular weight excluding hydrogens is 138 g/mol. The summed E-state index contributed by atoms with van der Waals surface area (Å²) >= 11 is 0. The Morgan fingerprint density at radius 3 is 2.64 bits per heavy atom. The predicted octanol–water partition coefficient (Wildman–Crippen LogP) is 2.51. The Bertz CT molecular complexity index is 218. The molecule has 1 atom stereocenters. The molecule has 0 N–H and O–H groups in total. The van der Waals surface area contributed by atoms with Gasteiger partial charge in [-0.15, -0.1) is 0 Å². The van der Waals surface area contributed by atoms with Crippen molar-refractivity contribution in [3.63, 3.8) is 0 Å². The molecule has 2 aliphatic rings. The monoisotopic (exact) mass is 153 g/mol. The molecule has 0 bridgehead atoms. The maximum atomic E-state index is 5.08. The molecule has 1 aliphatic carbocycles. The van der Waals surface area contributed by atoms with Crippen LogP contribution < -0.4 is 0 Å². The highest BCUT2D eigenvalue weighted by Crippen LogP contribution is 2.47. The fourth-order valence-electron chi connectivity index (χ4n) is 1.14. The lowest BCUT2D eigenvalue weighted by Crippen LogP contribution is -2.08. The Hall–Kier alpha value is -0.790. The van der Waals surface area contributed by atoms with Crippen LogP contribution in [0.1, 0.15) is 34.1 Å². The number of nitrogens with zero attached hydrogens (tertiary/aromatic N) is 1. The third-order valence-electron chi connectivity index (χ3n) is 1.88. The highest BCUT2D eigenvalue weighted by Gasteiger charge is 2.46. The van der Waals surface area contributed by atoms with E-state index in [1.807, 2.05) is 27.0 Å². The zero-order chi connectivity index (χ0) is 8.48. The average Bonchev–Trinajstić information content (AvgIpc) is 2.63. The second-order valence-electron chi connectivity index (χ2n) is 2.84. The van der Waals surface area contributed by atoms with Gasteiger partial charge in [-0.3, -0.25) is 0 Å². The first-order valence-corrected chi connectivity index (χ1v) is 4.13. The molecular formula is C9H15NO. The third kappa shape index (κ3) is 1.44. The highest BCUT2D eigenvalue weighted by molar-refractivity contribution is 5.77. The van der Waals surface area contributed by atoms with Crippen molar-refractivity contribution in [1.29, 1.82) is 0 Å². The van der Waals surface area contributed by atoms with Crippen molar-refractivity contribution >= 4 is 5.90 Å². The lowest BCUT2D eigenvalue weighted by molar-refractivity contribution is 0.446. The van der Waals surface area contributed by atoms with E-state index in [0.29, 0.717) is 0 Å². The Morgan fingerprint density at radius 1 is 1.55 bits per heavy atom. The van der Waals surface area contributed by atoms with E-state index >= 15 is 0 Å². The van der Waals surface area contributed by atoms with Gasteiger partial charge in [0.1, 0.15) is 0 Å². The summed E-state index contributed by atoms with van der Waals surface area (Å²) < 4.78 is 5.08. The van der Waals surface area contributed by atoms with Gasteiger partial charge in [0, 0.05) is 13.3 Å². The fourth-order valence-corrected chi connectivity index (χ4v) is 1.14. The molecule has 2 rings (SSSR count). The number of aliphatic imine (C=N–C) groups is 1. The standard InChI is InChI=1S/C7H9NO.C2H6/c1-5-8-7(2)3-6(7)4-9-5;1-2/h4H,3H2,1-2H3;1-2H3. The largest absolute Gasteiger partial charge is 0.451 e. The molecule has 0 saturated heterocycles. The summed E-state index contributed by atoms with van der Waals surface area (Å²) in [6.07, 6.45) is 2.91. The maximum Gasteiger partial charge on any atom is 0.186 e. The van der Waals surface area contributed by atoms with E-state index in [1.54, 1.807) is 0 Å². The molecule has 0 radical (unpaired) electrons. The summed E-state index contributed by atoms with van der Waals surface area (Å²) in [4.78, 5) is 4.31. The molecule has 2 heteroatoms. The minimum absolute atomic E-state index is 0.141. The van der Waals surface area contributed by atoms with Crippen LogP contribution in [-0.4, -0.2) is 11.4 Å². The fraction of sp³-hybridized carbons (Fsp3) is 0.667. The molecule has 0 aromatic heterocycles. The van der Waals surface area contributed by atoms with Gasteiger partial charge in [0.25, 0.3) is 0 Å². The van der Waals surface area contributed by atoms with Gasteiger partial charge in [-0.25, -0.2) is 4.99 Å². The SMILES string of the molecule is CC.CC1=NC2(C)CC2=CO1. The summed E-state index contributed by atoms with van der Waals surface area (Å²) in [5.74, 6) is 0.791. The lowest BCUT2D eigenvalue weighted by Gasteiger charge is -2.07. The minimum atomic E-state index is 0.141. The maximum absolute atomic E-state index is 5.08. The van der Waals surface area contributed by atoms with Crippen LogP contribution in [0.5, 0.6) is 0 Å². The van der Waals surface area contributed by atoms with Crippen LogP contribution in [-0.2, 0) is 4.74 Å². The second-order valence-corrected chi connectivity index (χ2v) is 2.84. The van der Waals surface area contributed by atoms with Gasteiger partial charge in [0.2, 0.25) is 0 Å². The van der Waals surface area contributed by atoms with Gasteiger partial charge in [-0.05, 0) is 12.5 Å². The Kier molecular flexibility index (Phi) is 2.03. The Labute approximate surface area is 68.0 Å². The summed E-state index contributed by atoms with van der Waals surface area (Å²) in [7, 11) is 0. The summed E-state index contributed by atoms with van der Waals surface area (Å²) in [6, 6.07) is 0. The van der Waals surface area contributed by atoms with E-state index in [9.17, 15) is 0 Å². The predicted molar refractivity (Wildman–Crippen MR) is 46.6 cm³/mol. The van der Waals surface area contributed by atoms with Crippen molar-refractivity contribution in [2.75, 3.05) is 0 Å². The van der Waals surface area contributed by atoms with Crippen molar-refractivity contribution in [2.24, 2.45) is 4.99 Å². The quantitative estimate of drug-likeness (QED) is 0.524. The number of fused-ring (bicyclic) bond motifs is 1. The molecule has 1 fully saturated rings. The van der Waals surface area contributed by atoms with E-state index in [-0.39, 0.29) is 5.54 Å². The number of rotatable bonds is 0. The smallest absolute Gasteiger partial charge is 0.186 e. The molecule has 0 spiro atoms. The van der Waals surface area contributed by atoms with Gasteiger partial charge >= 0.3 is 0 Å². The third-order valence-corrected chi connectivity index (χ3v) is 1.88. The zero-order valence-corrected chi connectivity index (χ0v) is 7.64. The average molecular weight is 153 g/mol. The van der Waals surface area contributed by atoms with Crippen molar-refractivity contribution in [3.8, 4) is 0 Å². The van der Waals surface area contributed by atoms with Crippen LogP contribution >= 0.6 is 0 Å². The molecule has 0 amide bonds. The topological polar surface area (TPSA) is 21.6 Å². The first kappa shape index (κ1) is 8.31. The molecule has 0 aromatic carbocycles. The van der Waals surface area contributed by atoms with Crippen molar-refractivity contribution in [3.05, 3.63) is 11.8 Å². The number of hydrogen-bond donors (Lipinski definition) is 0. The summed E-state index contributed by atoms with van der Waals surface area (Å²) in [5.41, 5.74) is 1.47. The van der Waals surface area contributed by atoms with E-state index in [4.69, 9.17) is 4.74 Å². The molecule has 1 heterocycles. The molecule has 11 heavy (non-hydrogen) atoms. The normalized spacial score (nSPS) is 31.6. The van der Waals surface area contributed by atoms with Crippen molar-refractivity contribution < 1.29 is 4.74 Å². The van der Waals surface area contributed by atoms with Crippen LogP contribution in [0.2, 0.25) is 0 Å². The van der Waals surface area contributed by atoms with Crippen LogP contribution in [0.4, 0.5) is 0 Å². The van der Waals surface area contributed by atoms with Gasteiger partial charge in [-0.1, -0.05) is 13.8 Å². The Morgan fingerprint density at radius 2 is 2.18 bits per heavy atom. The lowest BCUT2D eigenvalue weighted by atomic mass is 10.3. The van der Waals surface area contributed by atoms with Crippen LogP contribution in [0.25, 0.3) is 0 Å². The molecule has 62 valence electrons. The van der Waals surface area contributed by atoms with E-state index in [1.165, 1.54) is 5.57 Å². The van der Waals surface area contributed by atoms with Crippen LogP contribution in [0.3, 0.4) is 0 Å². The summed E-state index contributed by atoms with van der Waals surface area (Å²) in [5, 5.41) is 0. The molecule has 1 saturated carbocycles. The van der Waals surface area contributed by atoms with Gasteiger partial charge in [0.05, 0.1) is 11.8 Å². The zero-order valence-electron chi connectivity index (χ0n) is 7.64. The van der Waals surface area contributed by atoms with Gasteiger partial charge in [-0.2, -0.15) is 0 Å². The van der Waals surface area contributed by atoms with E-state index < -0.39 is 0 Å². The molecule has 1 unspecified atom stereocenters. The molecule has 2 nitrogen and oxygen atoms in total. The van der Waals surface area contributed by atoms with Crippen molar-refractivity contribution in [2.45, 2.75) is 39.7 Å². The number of hydrogen-bond acceptors (Lipinski definition) is 2. The number of ether oxygens (including phenoxy) is 1. The van der Waals surface area contributed by atoms with Crippen LogP contribution in [0.15, 0.2) is 16.8 Å².